The third kappa shape index (κ3) is 6.35. The third-order valence-corrected chi connectivity index (χ3v) is 8.73. The number of amides is 1. The lowest BCUT2D eigenvalue weighted by Crippen LogP contribution is -2.33. The Labute approximate surface area is 203 Å². The lowest BCUT2D eigenvalue weighted by atomic mass is 9.98. The number of sulfonamides is 1. The van der Waals surface area contributed by atoms with Crippen molar-refractivity contribution in [1.82, 2.24) is 14.5 Å². The number of benzene rings is 2. The first-order chi connectivity index (χ1) is 15.8. The van der Waals surface area contributed by atoms with Crippen LogP contribution in [0, 0.1) is 5.92 Å². The highest BCUT2D eigenvalue weighted by Gasteiger charge is 2.24. The number of piperidine rings is 1. The molecule has 1 amide bonds. The van der Waals surface area contributed by atoms with Crippen molar-refractivity contribution in [2.75, 3.05) is 26.2 Å². The number of hydrogen-bond acceptors (Lipinski definition) is 4. The Morgan fingerprint density at radius 1 is 1.09 bits per heavy atom. The Morgan fingerprint density at radius 2 is 1.73 bits per heavy atom. The molecule has 1 fully saturated rings. The number of halogens is 1. The largest absolute Gasteiger partial charge is 0.348 e. The minimum absolute atomic E-state index is 0.0699. The zero-order valence-electron chi connectivity index (χ0n) is 19.7. The molecule has 1 heterocycles. The van der Waals surface area contributed by atoms with Gasteiger partial charge < -0.3 is 5.32 Å². The SMILES string of the molecule is CCN(CC)S(=O)(=O)c1ccc(Cl)c(C(=O)NCc2ccccc2CN2CCC(C)CC2)c1. The molecule has 6 nitrogen and oxygen atoms in total. The highest BCUT2D eigenvalue weighted by Crippen LogP contribution is 2.24. The molecule has 0 atom stereocenters. The van der Waals surface area contributed by atoms with Crippen LogP contribution in [-0.4, -0.2) is 49.7 Å². The van der Waals surface area contributed by atoms with E-state index in [0.29, 0.717) is 19.6 Å². The second kappa shape index (κ2) is 11.5. The standard InChI is InChI=1S/C25H34ClN3O3S/c1-4-29(5-2)33(31,32)22-10-11-24(26)23(16-22)25(30)27-17-20-8-6-7-9-21(20)18-28-14-12-19(3)13-15-28/h6-11,16,19H,4-5,12-15,17-18H2,1-3H3,(H,27,30). The van der Waals surface area contributed by atoms with E-state index >= 15 is 0 Å². The summed E-state index contributed by atoms with van der Waals surface area (Å²) in [6.45, 7) is 9.97. The van der Waals surface area contributed by atoms with Crippen LogP contribution in [-0.2, 0) is 23.1 Å². The molecule has 8 heteroatoms. The Bertz CT molecular complexity index is 1060. The fraction of sp³-hybridized carbons (Fsp3) is 0.480. The maximum Gasteiger partial charge on any atom is 0.253 e. The summed E-state index contributed by atoms with van der Waals surface area (Å²) in [5, 5.41) is 3.15. The predicted octanol–water partition coefficient (Wildman–Crippen LogP) is 4.53. The van der Waals surface area contributed by atoms with Crippen LogP contribution >= 0.6 is 11.6 Å². The Morgan fingerprint density at radius 3 is 2.36 bits per heavy atom. The van der Waals surface area contributed by atoms with Gasteiger partial charge in [-0.3, -0.25) is 9.69 Å². The van der Waals surface area contributed by atoms with Crippen LogP contribution < -0.4 is 5.32 Å². The number of carbonyl (C=O) groups is 1. The van der Waals surface area contributed by atoms with Crippen molar-refractivity contribution in [3.8, 4) is 0 Å². The molecule has 0 radical (unpaired) electrons. The van der Waals surface area contributed by atoms with E-state index in [4.69, 9.17) is 11.6 Å². The quantitative estimate of drug-likeness (QED) is 0.559. The maximum absolute atomic E-state index is 12.9. The van der Waals surface area contributed by atoms with E-state index in [0.717, 1.165) is 31.1 Å². The number of rotatable bonds is 9. The molecular weight excluding hydrogens is 458 g/mol. The Balaban J connectivity index is 1.73. The van der Waals surface area contributed by atoms with Gasteiger partial charge in [0.25, 0.3) is 5.91 Å². The molecule has 1 aliphatic heterocycles. The van der Waals surface area contributed by atoms with E-state index < -0.39 is 15.9 Å². The number of likely N-dealkylation sites (tertiary alicyclic amines) is 1. The van der Waals surface area contributed by atoms with E-state index in [1.165, 1.54) is 40.9 Å². The van der Waals surface area contributed by atoms with Gasteiger partial charge in [0.05, 0.1) is 15.5 Å². The second-order valence-electron chi connectivity index (χ2n) is 8.64. The lowest BCUT2D eigenvalue weighted by molar-refractivity contribution is 0.0950. The van der Waals surface area contributed by atoms with E-state index in [1.807, 2.05) is 18.2 Å². The van der Waals surface area contributed by atoms with Gasteiger partial charge in [-0.15, -0.1) is 0 Å². The molecule has 0 aliphatic carbocycles. The average Bonchev–Trinajstić information content (AvgIpc) is 2.80. The monoisotopic (exact) mass is 491 g/mol. The van der Waals surface area contributed by atoms with Crippen LogP contribution in [0.5, 0.6) is 0 Å². The van der Waals surface area contributed by atoms with Crippen LogP contribution in [0.1, 0.15) is 55.1 Å². The minimum atomic E-state index is -3.68. The van der Waals surface area contributed by atoms with E-state index in [-0.39, 0.29) is 15.5 Å². The second-order valence-corrected chi connectivity index (χ2v) is 11.0. The summed E-state index contributed by atoms with van der Waals surface area (Å²) in [6, 6.07) is 12.4. The van der Waals surface area contributed by atoms with Crippen LogP contribution in [0.25, 0.3) is 0 Å². The molecule has 3 rings (SSSR count). The molecule has 2 aromatic rings. The van der Waals surface area contributed by atoms with Crippen LogP contribution in [0.3, 0.4) is 0 Å². The number of nitrogens with zero attached hydrogens (tertiary/aromatic N) is 2. The van der Waals surface area contributed by atoms with Gasteiger partial charge in [0, 0.05) is 26.2 Å². The van der Waals surface area contributed by atoms with Crippen LogP contribution in [0.2, 0.25) is 5.02 Å². The van der Waals surface area contributed by atoms with Crippen molar-refractivity contribution in [1.29, 1.82) is 0 Å². The van der Waals surface area contributed by atoms with Crippen molar-refractivity contribution >= 4 is 27.5 Å². The molecule has 33 heavy (non-hydrogen) atoms. The molecule has 1 saturated heterocycles. The van der Waals surface area contributed by atoms with Gasteiger partial charge in [-0.2, -0.15) is 4.31 Å². The van der Waals surface area contributed by atoms with E-state index in [9.17, 15) is 13.2 Å². The summed E-state index contributed by atoms with van der Waals surface area (Å²) >= 11 is 6.27. The number of carbonyl (C=O) groups excluding carboxylic acids is 1. The summed E-state index contributed by atoms with van der Waals surface area (Å²) in [5.41, 5.74) is 2.40. The lowest BCUT2D eigenvalue weighted by Gasteiger charge is -2.30. The summed E-state index contributed by atoms with van der Waals surface area (Å²) in [7, 11) is -3.68. The van der Waals surface area contributed by atoms with Crippen LogP contribution in [0.15, 0.2) is 47.4 Å². The predicted molar refractivity (Wildman–Crippen MR) is 133 cm³/mol. The normalized spacial score (nSPS) is 15.7. The number of nitrogens with one attached hydrogen (secondary N) is 1. The summed E-state index contributed by atoms with van der Waals surface area (Å²) in [6.07, 6.45) is 2.42. The maximum atomic E-state index is 12.9. The zero-order valence-corrected chi connectivity index (χ0v) is 21.3. The van der Waals surface area contributed by atoms with Gasteiger partial charge >= 0.3 is 0 Å². The first kappa shape index (κ1) is 25.7. The fourth-order valence-corrected chi connectivity index (χ4v) is 5.86. The molecule has 0 aromatic heterocycles. The minimum Gasteiger partial charge on any atom is -0.348 e. The molecule has 0 bridgehead atoms. The van der Waals surface area contributed by atoms with Gasteiger partial charge in [-0.05, 0) is 61.2 Å². The van der Waals surface area contributed by atoms with E-state index in [1.54, 1.807) is 13.8 Å². The molecule has 180 valence electrons. The van der Waals surface area contributed by atoms with Crippen molar-refractivity contribution < 1.29 is 13.2 Å². The van der Waals surface area contributed by atoms with Gasteiger partial charge in [0.2, 0.25) is 10.0 Å². The molecule has 1 N–H and O–H groups in total. The van der Waals surface area contributed by atoms with Gasteiger partial charge in [0.15, 0.2) is 0 Å². The van der Waals surface area contributed by atoms with Crippen LogP contribution in [0.4, 0.5) is 0 Å². The smallest absolute Gasteiger partial charge is 0.253 e. The zero-order chi connectivity index (χ0) is 24.0. The van der Waals surface area contributed by atoms with E-state index in [2.05, 4.69) is 23.2 Å². The molecule has 0 spiro atoms. The highest BCUT2D eigenvalue weighted by molar-refractivity contribution is 7.89. The van der Waals surface area contributed by atoms with Crippen molar-refractivity contribution in [3.63, 3.8) is 0 Å². The molecule has 1 aliphatic rings. The molecular formula is C25H34ClN3O3S. The van der Waals surface area contributed by atoms with Crippen molar-refractivity contribution in [3.05, 3.63) is 64.2 Å². The first-order valence-electron chi connectivity index (χ1n) is 11.6. The summed E-state index contributed by atoms with van der Waals surface area (Å²) in [5.74, 6) is 0.389. The highest BCUT2D eigenvalue weighted by atomic mass is 35.5. The Kier molecular flexibility index (Phi) is 8.93. The van der Waals surface area contributed by atoms with Crippen molar-refractivity contribution in [2.45, 2.75) is 51.6 Å². The van der Waals surface area contributed by atoms with Gasteiger partial charge in [-0.25, -0.2) is 8.42 Å². The van der Waals surface area contributed by atoms with Gasteiger partial charge in [-0.1, -0.05) is 56.6 Å². The third-order valence-electron chi connectivity index (χ3n) is 6.35. The Hall–Kier alpha value is -1.93. The average molecular weight is 492 g/mol. The topological polar surface area (TPSA) is 69.7 Å². The first-order valence-corrected chi connectivity index (χ1v) is 13.4. The molecule has 0 unspecified atom stereocenters. The molecule has 0 saturated carbocycles. The summed E-state index contributed by atoms with van der Waals surface area (Å²) < 4.78 is 27.1. The van der Waals surface area contributed by atoms with Gasteiger partial charge in [0.1, 0.15) is 0 Å². The fourth-order valence-electron chi connectivity index (χ4n) is 4.17. The number of hydrogen-bond donors (Lipinski definition) is 1. The molecule has 2 aromatic carbocycles. The summed E-state index contributed by atoms with van der Waals surface area (Å²) in [4.78, 5) is 15.5. The van der Waals surface area contributed by atoms with Crippen molar-refractivity contribution in [2.24, 2.45) is 5.92 Å².